The van der Waals surface area contributed by atoms with Gasteiger partial charge in [0.15, 0.2) is 11.4 Å². The highest BCUT2D eigenvalue weighted by Gasteiger charge is 2.30. The number of imide groups is 1. The molecule has 0 unspecified atom stereocenters. The van der Waals surface area contributed by atoms with Gasteiger partial charge in [0.25, 0.3) is 24.1 Å². The number of urea groups is 1. The lowest BCUT2D eigenvalue weighted by atomic mass is 10.1. The molecule has 71 heavy (non-hydrogen) atoms. The molecule has 0 bridgehead atoms. The minimum atomic E-state index is -3.06. The van der Waals surface area contributed by atoms with Gasteiger partial charge in [0.1, 0.15) is 12.1 Å². The fraction of sp³-hybridized carbons (Fsp3) is 0.354. The average Bonchev–Trinajstić information content (AvgIpc) is 3.66. The van der Waals surface area contributed by atoms with E-state index in [0.717, 1.165) is 39.6 Å². The van der Waals surface area contributed by atoms with Crippen molar-refractivity contribution in [3.8, 4) is 17.1 Å². The second kappa shape index (κ2) is 21.7. The molecule has 7 amide bonds. The number of anilines is 3. The zero-order valence-corrected chi connectivity index (χ0v) is 39.0. The number of amides is 7. The van der Waals surface area contributed by atoms with Crippen LogP contribution in [0, 0.1) is 5.92 Å². The molecule has 6 aromatic rings. The Labute approximate surface area is 404 Å². The van der Waals surface area contributed by atoms with Crippen LogP contribution in [0.4, 0.5) is 35.6 Å². The van der Waals surface area contributed by atoms with Gasteiger partial charge >= 0.3 is 12.1 Å². The Morgan fingerprint density at radius 1 is 0.972 bits per heavy atom. The summed E-state index contributed by atoms with van der Waals surface area (Å²) in [6.45, 7) is 5.83. The van der Waals surface area contributed by atoms with Crippen molar-refractivity contribution < 1.29 is 56.5 Å². The minimum absolute atomic E-state index is 0.0101. The number of alkyl halides is 2. The molecular formula is C48H51F2N11O10. The van der Waals surface area contributed by atoms with Crippen LogP contribution in [0.15, 0.2) is 83.9 Å². The van der Waals surface area contributed by atoms with Crippen molar-refractivity contribution >= 4 is 63.8 Å². The molecule has 21 nitrogen and oxygen atoms in total. The van der Waals surface area contributed by atoms with E-state index in [1.165, 1.54) is 58.6 Å². The minimum Gasteiger partial charge on any atom is -0.465 e. The summed E-state index contributed by atoms with van der Waals surface area (Å²) >= 11 is 0. The fourth-order valence-electron chi connectivity index (χ4n) is 7.78. The number of halogens is 2. The Hall–Kier alpha value is -8.05. The molecule has 0 spiro atoms. The van der Waals surface area contributed by atoms with Crippen molar-refractivity contribution in [2.24, 2.45) is 5.92 Å². The maximum atomic E-state index is 14.2. The first-order valence-corrected chi connectivity index (χ1v) is 22.8. The van der Waals surface area contributed by atoms with Crippen molar-refractivity contribution in [1.29, 1.82) is 0 Å². The molecule has 0 atom stereocenters. The molecule has 372 valence electrons. The molecule has 1 saturated heterocycles. The number of oxazole rings is 1. The first kappa shape index (κ1) is 49.4. The lowest BCUT2D eigenvalue weighted by Gasteiger charge is -2.27. The molecule has 1 saturated carbocycles. The monoisotopic (exact) mass is 979 g/mol. The number of benzene rings is 2. The van der Waals surface area contributed by atoms with E-state index in [-0.39, 0.29) is 105 Å². The normalized spacial score (nSPS) is 13.8. The zero-order chi connectivity index (χ0) is 50.3. The largest absolute Gasteiger partial charge is 0.465 e. The van der Waals surface area contributed by atoms with Gasteiger partial charge in [0, 0.05) is 80.2 Å². The number of carboxylic acid groups (broad SMARTS) is 1. The number of fused-ring (bicyclic) bond motifs is 1. The number of rotatable bonds is 21. The topological polar surface area (TPSA) is 249 Å². The summed E-state index contributed by atoms with van der Waals surface area (Å²) in [4.78, 5) is 88.4. The second-order valence-corrected chi connectivity index (χ2v) is 17.2. The molecular weight excluding hydrogens is 929 g/mol. The van der Waals surface area contributed by atoms with E-state index in [9.17, 15) is 42.7 Å². The predicted molar refractivity (Wildman–Crippen MR) is 253 cm³/mol. The van der Waals surface area contributed by atoms with Crippen molar-refractivity contribution in [2.45, 2.75) is 45.6 Å². The number of hydrogen-bond donors (Lipinski definition) is 4. The smallest absolute Gasteiger partial charge is 0.413 e. The standard InChI is InChI=1S/C48H51F2N11O10/c1-28(2)58-15-11-34-37(58)22-32(23-38(34)59-16-12-40(62)55-47(59)66)43(63)52-14-18-69-20-21-70-19-17-57(3)46(65)30-6-8-33(9-7-30)61-26-35(41(56-61)42(49)50)53-44(64)36-27-71-45(54-36)31-10-13-51-39(24-31)60(48(67)68)25-29-4-5-29/h6-11,13,15,22-24,26-29,42H,4-5,12,14,16-21,25H2,1-3H3,(H,52,63)(H,53,64)(H,67,68)(H,55,62,66). The van der Waals surface area contributed by atoms with E-state index in [1.807, 2.05) is 30.7 Å². The van der Waals surface area contributed by atoms with Gasteiger partial charge in [-0.25, -0.2) is 33.0 Å². The van der Waals surface area contributed by atoms with Gasteiger partial charge in [-0.15, -0.1) is 0 Å². The maximum absolute atomic E-state index is 14.2. The highest BCUT2D eigenvalue weighted by atomic mass is 19.3. The summed E-state index contributed by atoms with van der Waals surface area (Å²) < 4.78 is 48.2. The van der Waals surface area contributed by atoms with Crippen LogP contribution in [0.5, 0.6) is 0 Å². The summed E-state index contributed by atoms with van der Waals surface area (Å²) in [6, 6.07) is 14.0. The number of hydrogen-bond acceptors (Lipinski definition) is 12. The number of nitrogens with zero attached hydrogens (tertiary/aromatic N) is 8. The van der Waals surface area contributed by atoms with Crippen LogP contribution in [0.1, 0.15) is 82.5 Å². The molecule has 5 heterocycles. The Morgan fingerprint density at radius 2 is 1.73 bits per heavy atom. The third-order valence-electron chi connectivity index (χ3n) is 11.8. The molecule has 23 heteroatoms. The van der Waals surface area contributed by atoms with Crippen molar-refractivity contribution in [3.05, 3.63) is 102 Å². The van der Waals surface area contributed by atoms with Crippen LogP contribution >= 0.6 is 0 Å². The Bertz CT molecular complexity index is 2950. The average molecular weight is 980 g/mol. The van der Waals surface area contributed by atoms with Gasteiger partial charge in [-0.2, -0.15) is 5.10 Å². The number of nitrogens with one attached hydrogen (secondary N) is 3. The fourth-order valence-corrected chi connectivity index (χ4v) is 7.78. The van der Waals surface area contributed by atoms with Crippen LogP contribution in [-0.2, 0) is 14.3 Å². The third kappa shape index (κ3) is 11.7. The molecule has 4 N–H and O–H groups in total. The Kier molecular flexibility index (Phi) is 15.1. The maximum Gasteiger partial charge on any atom is 0.413 e. The number of likely N-dealkylation sites (N-methyl/N-ethyl adjacent to an activating group) is 1. The van der Waals surface area contributed by atoms with Crippen LogP contribution in [0.25, 0.3) is 28.0 Å². The van der Waals surface area contributed by atoms with Gasteiger partial charge in [-0.1, -0.05) is 0 Å². The highest BCUT2D eigenvalue weighted by molar-refractivity contribution is 6.12. The summed E-state index contributed by atoms with van der Waals surface area (Å²) in [7, 11) is 1.61. The van der Waals surface area contributed by atoms with E-state index in [4.69, 9.17) is 13.9 Å². The zero-order valence-electron chi connectivity index (χ0n) is 39.0. The summed E-state index contributed by atoms with van der Waals surface area (Å²) in [5, 5.41) is 22.1. The molecule has 2 aromatic carbocycles. The molecule has 8 rings (SSSR count). The van der Waals surface area contributed by atoms with Gasteiger partial charge in [-0.3, -0.25) is 34.3 Å². The third-order valence-corrected chi connectivity index (χ3v) is 11.8. The van der Waals surface area contributed by atoms with Crippen molar-refractivity contribution in [3.63, 3.8) is 0 Å². The van der Waals surface area contributed by atoms with Gasteiger partial charge < -0.3 is 39.1 Å². The lowest BCUT2D eigenvalue weighted by molar-refractivity contribution is -0.120. The summed E-state index contributed by atoms with van der Waals surface area (Å²) in [5.41, 5.74) is 1.46. The van der Waals surface area contributed by atoms with Crippen molar-refractivity contribution in [1.82, 2.24) is 39.8 Å². The second-order valence-electron chi connectivity index (χ2n) is 17.2. The van der Waals surface area contributed by atoms with E-state index in [2.05, 4.69) is 31.0 Å². The van der Waals surface area contributed by atoms with Gasteiger partial charge in [0.05, 0.1) is 55.2 Å². The van der Waals surface area contributed by atoms with E-state index in [0.29, 0.717) is 34.6 Å². The molecule has 2 aliphatic rings. The van der Waals surface area contributed by atoms with Crippen molar-refractivity contribution in [2.75, 3.05) is 74.8 Å². The predicted octanol–water partition coefficient (Wildman–Crippen LogP) is 6.52. The number of carbonyl (C=O) groups is 6. The molecule has 0 radical (unpaired) electrons. The quantitative estimate of drug-likeness (QED) is 0.0562. The number of ether oxygens (including phenoxy) is 2. The number of aromatic nitrogens is 5. The number of carbonyl (C=O) groups excluding carboxylic acids is 5. The van der Waals surface area contributed by atoms with Crippen LogP contribution in [0.2, 0.25) is 0 Å². The van der Waals surface area contributed by atoms with Crippen LogP contribution in [0.3, 0.4) is 0 Å². The Balaban J connectivity index is 0.773. The Morgan fingerprint density at radius 3 is 2.44 bits per heavy atom. The SMILES string of the molecule is CC(C)n1ccc2c(N3CCC(=O)NC3=O)cc(C(=O)NCCOCCOCCN(C)C(=O)c3ccc(-n4cc(NC(=O)c5coc(-c6ccnc(N(CC7CC7)C(=O)O)c6)n5)c(C(F)F)n4)cc3)cc21. The highest BCUT2D eigenvalue weighted by Crippen LogP contribution is 2.34. The molecule has 4 aromatic heterocycles. The van der Waals surface area contributed by atoms with Crippen LogP contribution < -0.4 is 25.8 Å². The lowest BCUT2D eigenvalue weighted by Crippen LogP contribution is -2.49. The molecule has 1 aliphatic carbocycles. The molecule has 2 fully saturated rings. The van der Waals surface area contributed by atoms with Gasteiger partial charge in [0.2, 0.25) is 11.8 Å². The van der Waals surface area contributed by atoms with E-state index >= 15 is 0 Å². The van der Waals surface area contributed by atoms with E-state index in [1.54, 1.807) is 19.2 Å². The summed E-state index contributed by atoms with van der Waals surface area (Å²) in [5.74, 6) is -1.46. The first-order valence-electron chi connectivity index (χ1n) is 22.8. The molecule has 1 aliphatic heterocycles. The number of pyridine rings is 1. The van der Waals surface area contributed by atoms with Crippen LogP contribution in [-0.4, -0.2) is 130 Å². The van der Waals surface area contributed by atoms with E-state index < -0.39 is 30.2 Å². The first-order chi connectivity index (χ1) is 34.1. The summed E-state index contributed by atoms with van der Waals surface area (Å²) in [6.07, 6.45) is 3.35. The van der Waals surface area contributed by atoms with Gasteiger partial charge in [-0.05, 0) is 87.2 Å².